The minimum atomic E-state index is -0.00577. The molecular weight excluding hydrogens is 336 g/mol. The smallest absolute Gasteiger partial charge is 0.224 e. The lowest BCUT2D eigenvalue weighted by molar-refractivity contribution is -0.119. The van der Waals surface area contributed by atoms with Gasteiger partial charge >= 0.3 is 0 Å². The van der Waals surface area contributed by atoms with Crippen LogP contribution in [0.25, 0.3) is 0 Å². The maximum absolute atomic E-state index is 11.2. The van der Waals surface area contributed by atoms with E-state index in [-0.39, 0.29) is 11.9 Å². The van der Waals surface area contributed by atoms with Crippen molar-refractivity contribution < 1.29 is 4.79 Å². The number of rotatable bonds is 4. The summed E-state index contributed by atoms with van der Waals surface area (Å²) >= 11 is 5.89. The maximum Gasteiger partial charge on any atom is 0.224 e. The Balaban J connectivity index is 1.60. The van der Waals surface area contributed by atoms with Crippen molar-refractivity contribution in [3.8, 4) is 0 Å². The van der Waals surface area contributed by atoms with Gasteiger partial charge in [-0.2, -0.15) is 0 Å². The summed E-state index contributed by atoms with van der Waals surface area (Å²) < 4.78 is 0. The van der Waals surface area contributed by atoms with Gasteiger partial charge in [-0.15, -0.1) is 0 Å². The molecule has 0 bridgehead atoms. The number of piperidine rings is 1. The van der Waals surface area contributed by atoms with E-state index in [0.29, 0.717) is 11.2 Å². The number of amides is 1. The molecule has 132 valence electrons. The van der Waals surface area contributed by atoms with E-state index < -0.39 is 0 Å². The zero-order chi connectivity index (χ0) is 17.8. The Kier molecular flexibility index (Phi) is 5.53. The molecule has 2 heterocycles. The molecule has 1 N–H and O–H groups in total. The van der Waals surface area contributed by atoms with E-state index in [1.807, 2.05) is 13.0 Å². The molecule has 1 aliphatic heterocycles. The number of aromatic nitrogens is 2. The van der Waals surface area contributed by atoms with Crippen molar-refractivity contribution >= 4 is 23.3 Å². The fraction of sp³-hybridized carbons (Fsp3) is 0.421. The third-order valence-corrected chi connectivity index (χ3v) is 4.94. The predicted octanol–water partition coefficient (Wildman–Crippen LogP) is 3.71. The molecule has 1 aliphatic rings. The Morgan fingerprint density at radius 1 is 1.24 bits per heavy atom. The SMILES string of the molecule is CC(=O)N[C@@H](C)c1ccc(C2CCN(c3ccnc(Cl)n3)CC2)cc1. The second kappa shape index (κ2) is 7.83. The fourth-order valence-electron chi connectivity index (χ4n) is 3.39. The average Bonchev–Trinajstić information content (AvgIpc) is 2.61. The molecule has 1 aromatic heterocycles. The Labute approximate surface area is 153 Å². The number of halogens is 1. The molecule has 0 spiro atoms. The first kappa shape index (κ1) is 17.7. The summed E-state index contributed by atoms with van der Waals surface area (Å²) in [5.74, 6) is 1.45. The summed E-state index contributed by atoms with van der Waals surface area (Å²) in [6.45, 7) is 5.47. The van der Waals surface area contributed by atoms with Crippen LogP contribution in [0.3, 0.4) is 0 Å². The standard InChI is InChI=1S/C19H23ClN4O/c1-13(22-14(2)25)15-3-5-16(6-4-15)17-8-11-24(12-9-17)18-7-10-21-19(20)23-18/h3-7,10,13,17H,8-9,11-12H2,1-2H3,(H,22,25)/t13-/m0/s1. The molecule has 5 nitrogen and oxygen atoms in total. The van der Waals surface area contributed by atoms with Crippen molar-refractivity contribution in [2.75, 3.05) is 18.0 Å². The highest BCUT2D eigenvalue weighted by molar-refractivity contribution is 6.28. The van der Waals surface area contributed by atoms with E-state index in [1.54, 1.807) is 13.1 Å². The number of nitrogens with zero attached hydrogens (tertiary/aromatic N) is 3. The molecule has 0 aliphatic carbocycles. The van der Waals surface area contributed by atoms with Crippen LogP contribution in [0.4, 0.5) is 5.82 Å². The second-order valence-corrected chi connectivity index (χ2v) is 6.87. The van der Waals surface area contributed by atoms with Crippen LogP contribution in [0.15, 0.2) is 36.5 Å². The molecule has 1 amide bonds. The molecule has 1 saturated heterocycles. The van der Waals surface area contributed by atoms with Gasteiger partial charge in [0.25, 0.3) is 0 Å². The third-order valence-electron chi connectivity index (χ3n) is 4.76. The molecule has 1 atom stereocenters. The van der Waals surface area contributed by atoms with Crippen LogP contribution in [0.1, 0.15) is 49.8 Å². The number of nitrogens with one attached hydrogen (secondary N) is 1. The molecule has 0 saturated carbocycles. The fourth-order valence-corrected chi connectivity index (χ4v) is 3.53. The first-order valence-corrected chi connectivity index (χ1v) is 9.01. The largest absolute Gasteiger partial charge is 0.356 e. The number of carbonyl (C=O) groups excluding carboxylic acids is 1. The number of hydrogen-bond acceptors (Lipinski definition) is 4. The molecule has 2 aromatic rings. The van der Waals surface area contributed by atoms with Crippen molar-refractivity contribution in [3.63, 3.8) is 0 Å². The first-order chi connectivity index (χ1) is 12.0. The molecule has 1 fully saturated rings. The lowest BCUT2D eigenvalue weighted by Crippen LogP contribution is -2.33. The molecule has 3 rings (SSSR count). The van der Waals surface area contributed by atoms with Crippen LogP contribution >= 0.6 is 11.6 Å². The van der Waals surface area contributed by atoms with Crippen LogP contribution in [0.2, 0.25) is 5.28 Å². The number of anilines is 1. The van der Waals surface area contributed by atoms with E-state index >= 15 is 0 Å². The van der Waals surface area contributed by atoms with E-state index in [2.05, 4.69) is 44.5 Å². The van der Waals surface area contributed by atoms with Gasteiger partial charge in [0.2, 0.25) is 11.2 Å². The Morgan fingerprint density at radius 3 is 2.52 bits per heavy atom. The van der Waals surface area contributed by atoms with Crippen LogP contribution < -0.4 is 10.2 Å². The van der Waals surface area contributed by atoms with Crippen molar-refractivity contribution in [2.24, 2.45) is 0 Å². The zero-order valence-electron chi connectivity index (χ0n) is 14.6. The predicted molar refractivity (Wildman–Crippen MR) is 99.9 cm³/mol. The summed E-state index contributed by atoms with van der Waals surface area (Å²) in [6, 6.07) is 10.6. The van der Waals surface area contributed by atoms with E-state index in [9.17, 15) is 4.79 Å². The molecule has 6 heteroatoms. The normalized spacial score (nSPS) is 16.5. The number of carbonyl (C=O) groups is 1. The highest BCUT2D eigenvalue weighted by Gasteiger charge is 2.22. The van der Waals surface area contributed by atoms with Crippen LogP contribution in [-0.4, -0.2) is 29.0 Å². The Bertz CT molecular complexity index is 726. The summed E-state index contributed by atoms with van der Waals surface area (Å²) in [4.78, 5) is 21.7. The van der Waals surface area contributed by atoms with E-state index in [4.69, 9.17) is 11.6 Å². The van der Waals surface area contributed by atoms with Gasteiger partial charge in [-0.25, -0.2) is 9.97 Å². The van der Waals surface area contributed by atoms with Gasteiger partial charge in [0.05, 0.1) is 6.04 Å². The minimum absolute atomic E-state index is 0.00577. The van der Waals surface area contributed by atoms with E-state index in [0.717, 1.165) is 37.3 Å². The second-order valence-electron chi connectivity index (χ2n) is 6.53. The van der Waals surface area contributed by atoms with Crippen LogP contribution in [0.5, 0.6) is 0 Å². The first-order valence-electron chi connectivity index (χ1n) is 8.63. The number of hydrogen-bond donors (Lipinski definition) is 1. The van der Waals surface area contributed by atoms with Gasteiger partial charge in [0, 0.05) is 26.2 Å². The van der Waals surface area contributed by atoms with Gasteiger partial charge in [-0.05, 0) is 54.5 Å². The lowest BCUT2D eigenvalue weighted by Gasteiger charge is -2.33. The van der Waals surface area contributed by atoms with Gasteiger partial charge in [-0.1, -0.05) is 24.3 Å². The summed E-state index contributed by atoms with van der Waals surface area (Å²) in [7, 11) is 0. The molecular formula is C19H23ClN4O. The summed E-state index contributed by atoms with van der Waals surface area (Å²) in [5, 5.41) is 3.21. The summed E-state index contributed by atoms with van der Waals surface area (Å²) in [5.41, 5.74) is 2.49. The third kappa shape index (κ3) is 4.48. The van der Waals surface area contributed by atoms with Crippen LogP contribution in [-0.2, 0) is 4.79 Å². The zero-order valence-corrected chi connectivity index (χ0v) is 15.3. The topological polar surface area (TPSA) is 58.1 Å². The van der Waals surface area contributed by atoms with Gasteiger partial charge < -0.3 is 10.2 Å². The maximum atomic E-state index is 11.2. The van der Waals surface area contributed by atoms with E-state index in [1.165, 1.54) is 5.56 Å². The van der Waals surface area contributed by atoms with Crippen molar-refractivity contribution in [1.82, 2.24) is 15.3 Å². The van der Waals surface area contributed by atoms with Gasteiger partial charge in [0.1, 0.15) is 5.82 Å². The summed E-state index contributed by atoms with van der Waals surface area (Å²) in [6.07, 6.45) is 3.87. The Morgan fingerprint density at radius 2 is 1.92 bits per heavy atom. The minimum Gasteiger partial charge on any atom is -0.356 e. The number of benzene rings is 1. The lowest BCUT2D eigenvalue weighted by atomic mass is 9.88. The monoisotopic (exact) mass is 358 g/mol. The van der Waals surface area contributed by atoms with Gasteiger partial charge in [0.15, 0.2) is 0 Å². The molecule has 0 radical (unpaired) electrons. The van der Waals surface area contributed by atoms with Gasteiger partial charge in [-0.3, -0.25) is 4.79 Å². The molecule has 1 aromatic carbocycles. The van der Waals surface area contributed by atoms with Crippen LogP contribution in [0, 0.1) is 0 Å². The molecule has 0 unspecified atom stereocenters. The van der Waals surface area contributed by atoms with Crippen molar-refractivity contribution in [1.29, 1.82) is 0 Å². The average molecular weight is 359 g/mol. The highest BCUT2D eigenvalue weighted by Crippen LogP contribution is 2.30. The molecule has 25 heavy (non-hydrogen) atoms. The highest BCUT2D eigenvalue weighted by atomic mass is 35.5. The van der Waals surface area contributed by atoms with Crippen molar-refractivity contribution in [3.05, 3.63) is 52.9 Å². The Hall–Kier alpha value is -2.14. The van der Waals surface area contributed by atoms with Crippen molar-refractivity contribution in [2.45, 2.75) is 38.6 Å². The quantitative estimate of drug-likeness (QED) is 0.846.